The second-order valence-electron chi connectivity index (χ2n) is 6.62. The van der Waals surface area contributed by atoms with Crippen LogP contribution in [0.1, 0.15) is 26.7 Å². The van der Waals surface area contributed by atoms with E-state index in [1.165, 1.54) is 35.6 Å². The fraction of sp³-hybridized carbons (Fsp3) is 0.444. The van der Waals surface area contributed by atoms with E-state index in [0.29, 0.717) is 18.5 Å². The predicted octanol–water partition coefficient (Wildman–Crippen LogP) is 2.32. The van der Waals surface area contributed by atoms with Crippen LogP contribution in [-0.4, -0.2) is 42.8 Å². The molecular weight excluding hydrogens is 356 g/mol. The highest BCUT2D eigenvalue weighted by molar-refractivity contribution is 7.89. The van der Waals surface area contributed by atoms with E-state index in [0.717, 1.165) is 0 Å². The van der Waals surface area contributed by atoms with Crippen molar-refractivity contribution in [2.45, 2.75) is 37.6 Å². The lowest BCUT2D eigenvalue weighted by Gasteiger charge is -2.24. The third kappa shape index (κ3) is 4.31. The molecule has 1 amide bonds. The van der Waals surface area contributed by atoms with Gasteiger partial charge < -0.3 is 10.4 Å². The van der Waals surface area contributed by atoms with Gasteiger partial charge in [0.25, 0.3) is 0 Å². The van der Waals surface area contributed by atoms with Gasteiger partial charge in [-0.3, -0.25) is 9.59 Å². The van der Waals surface area contributed by atoms with Gasteiger partial charge in [-0.15, -0.1) is 0 Å². The maximum absolute atomic E-state index is 12.4. The molecule has 8 heteroatoms. The SMILES string of the molecule is CC(C)N(C)S(=O)(=O)c1ccc(NC(=O)[C@@H]2CC=CC[C@@H]2C(=O)O)cc1. The Morgan fingerprint density at radius 2 is 1.65 bits per heavy atom. The van der Waals surface area contributed by atoms with Crippen molar-refractivity contribution in [1.29, 1.82) is 0 Å². The number of allylic oxidation sites excluding steroid dienone is 2. The molecule has 0 aromatic heterocycles. The molecule has 1 aromatic rings. The Hall–Kier alpha value is -2.19. The monoisotopic (exact) mass is 380 g/mol. The summed E-state index contributed by atoms with van der Waals surface area (Å²) in [6, 6.07) is 5.70. The van der Waals surface area contributed by atoms with Crippen molar-refractivity contribution in [3.05, 3.63) is 36.4 Å². The summed E-state index contributed by atoms with van der Waals surface area (Å²) in [7, 11) is -2.08. The first-order valence-electron chi connectivity index (χ1n) is 8.41. The number of anilines is 1. The molecule has 0 heterocycles. The van der Waals surface area contributed by atoms with Crippen LogP contribution in [0.4, 0.5) is 5.69 Å². The summed E-state index contributed by atoms with van der Waals surface area (Å²) in [4.78, 5) is 23.9. The van der Waals surface area contributed by atoms with Crippen LogP contribution in [0.2, 0.25) is 0 Å². The van der Waals surface area contributed by atoms with Crippen LogP contribution >= 0.6 is 0 Å². The van der Waals surface area contributed by atoms with Gasteiger partial charge in [-0.1, -0.05) is 12.2 Å². The second kappa shape index (κ2) is 8.01. The number of rotatable bonds is 6. The fourth-order valence-electron chi connectivity index (χ4n) is 2.77. The first-order chi connectivity index (χ1) is 12.1. The lowest BCUT2D eigenvalue weighted by molar-refractivity contribution is -0.146. The normalized spacial score (nSPS) is 20.3. The Morgan fingerprint density at radius 1 is 1.12 bits per heavy atom. The maximum atomic E-state index is 12.4. The first-order valence-corrected chi connectivity index (χ1v) is 9.85. The van der Waals surface area contributed by atoms with Crippen molar-refractivity contribution < 1.29 is 23.1 Å². The summed E-state index contributed by atoms with van der Waals surface area (Å²) in [6.45, 7) is 3.56. The molecule has 0 bridgehead atoms. The molecule has 1 aliphatic rings. The number of hydrogen-bond acceptors (Lipinski definition) is 4. The van der Waals surface area contributed by atoms with Crippen molar-refractivity contribution in [3.8, 4) is 0 Å². The molecule has 0 radical (unpaired) electrons. The van der Waals surface area contributed by atoms with Crippen LogP contribution in [0, 0.1) is 11.8 Å². The number of nitrogens with one attached hydrogen (secondary N) is 1. The highest BCUT2D eigenvalue weighted by Crippen LogP contribution is 2.27. The molecule has 2 rings (SSSR count). The topological polar surface area (TPSA) is 104 Å². The Balaban J connectivity index is 2.13. The lowest BCUT2D eigenvalue weighted by atomic mass is 9.82. The molecular formula is C18H24N2O5S. The predicted molar refractivity (Wildman–Crippen MR) is 98.1 cm³/mol. The van der Waals surface area contributed by atoms with E-state index in [1.807, 2.05) is 0 Å². The van der Waals surface area contributed by atoms with Crippen molar-refractivity contribution in [2.75, 3.05) is 12.4 Å². The summed E-state index contributed by atoms with van der Waals surface area (Å²) >= 11 is 0. The Bertz CT molecular complexity index is 799. The molecule has 0 fully saturated rings. The Morgan fingerprint density at radius 3 is 2.15 bits per heavy atom. The van der Waals surface area contributed by atoms with Gasteiger partial charge in [0.15, 0.2) is 0 Å². The number of sulfonamides is 1. The minimum atomic E-state index is -3.59. The van der Waals surface area contributed by atoms with Crippen LogP contribution in [0.25, 0.3) is 0 Å². The van der Waals surface area contributed by atoms with Crippen LogP contribution in [-0.2, 0) is 19.6 Å². The van der Waals surface area contributed by atoms with Crippen LogP contribution in [0.15, 0.2) is 41.3 Å². The number of amides is 1. The first kappa shape index (κ1) is 20.1. The summed E-state index contributed by atoms with van der Waals surface area (Å²) < 4.78 is 26.1. The van der Waals surface area contributed by atoms with Crippen LogP contribution in [0.3, 0.4) is 0 Å². The zero-order valence-electron chi connectivity index (χ0n) is 15.0. The third-order valence-electron chi connectivity index (χ3n) is 4.61. The quantitative estimate of drug-likeness (QED) is 0.737. The third-order valence-corrected chi connectivity index (χ3v) is 6.66. The number of carbonyl (C=O) groups excluding carboxylic acids is 1. The van der Waals surface area contributed by atoms with Crippen molar-refractivity contribution in [2.24, 2.45) is 11.8 Å². The second-order valence-corrected chi connectivity index (χ2v) is 8.62. The van der Waals surface area contributed by atoms with Crippen molar-refractivity contribution >= 4 is 27.6 Å². The minimum absolute atomic E-state index is 0.135. The number of hydrogen-bond donors (Lipinski definition) is 2. The standard InChI is InChI=1S/C18H24N2O5S/c1-12(2)20(3)26(24,25)14-10-8-13(9-11-14)19-17(21)15-6-4-5-7-16(15)18(22)23/h4-5,8-12,15-16H,6-7H2,1-3H3,(H,19,21)(H,22,23)/t15-,16+/m1/s1. The average Bonchev–Trinajstić information content (AvgIpc) is 2.61. The van der Waals surface area contributed by atoms with Gasteiger partial charge in [0.2, 0.25) is 15.9 Å². The zero-order valence-corrected chi connectivity index (χ0v) is 15.9. The smallest absolute Gasteiger partial charge is 0.307 e. The van der Waals surface area contributed by atoms with Gasteiger partial charge in [-0.05, 0) is 51.0 Å². The van der Waals surface area contributed by atoms with E-state index in [2.05, 4.69) is 5.32 Å². The molecule has 0 unspecified atom stereocenters. The summed E-state index contributed by atoms with van der Waals surface area (Å²) in [5, 5.41) is 11.9. The number of benzene rings is 1. The van der Waals surface area contributed by atoms with Gasteiger partial charge in [-0.25, -0.2) is 8.42 Å². The molecule has 2 atom stereocenters. The number of carboxylic acid groups (broad SMARTS) is 1. The number of nitrogens with zero attached hydrogens (tertiary/aromatic N) is 1. The largest absolute Gasteiger partial charge is 0.481 e. The average molecular weight is 380 g/mol. The van der Waals surface area contributed by atoms with Crippen LogP contribution < -0.4 is 5.32 Å². The number of carbonyl (C=O) groups is 2. The maximum Gasteiger partial charge on any atom is 0.307 e. The van der Waals surface area contributed by atoms with Gasteiger partial charge in [-0.2, -0.15) is 4.31 Å². The molecule has 0 saturated carbocycles. The van der Waals surface area contributed by atoms with E-state index in [9.17, 15) is 23.1 Å². The Kier molecular flexibility index (Phi) is 6.20. The molecule has 1 aliphatic carbocycles. The molecule has 2 N–H and O–H groups in total. The van der Waals surface area contributed by atoms with Gasteiger partial charge >= 0.3 is 5.97 Å². The molecule has 7 nitrogen and oxygen atoms in total. The van der Waals surface area contributed by atoms with Gasteiger partial charge in [0.05, 0.1) is 16.7 Å². The summed E-state index contributed by atoms with van der Waals surface area (Å²) in [5.74, 6) is -2.77. The lowest BCUT2D eigenvalue weighted by Crippen LogP contribution is -2.34. The van der Waals surface area contributed by atoms with E-state index in [1.54, 1.807) is 26.0 Å². The summed E-state index contributed by atoms with van der Waals surface area (Å²) in [5.41, 5.74) is 0.430. The molecule has 0 spiro atoms. The number of carboxylic acids is 1. The van der Waals surface area contributed by atoms with Crippen molar-refractivity contribution in [1.82, 2.24) is 4.31 Å². The zero-order chi connectivity index (χ0) is 19.5. The van der Waals surface area contributed by atoms with Crippen molar-refractivity contribution in [3.63, 3.8) is 0 Å². The van der Waals surface area contributed by atoms with Gasteiger partial charge in [0.1, 0.15) is 0 Å². The molecule has 142 valence electrons. The van der Waals surface area contributed by atoms with Crippen LogP contribution in [0.5, 0.6) is 0 Å². The van der Waals surface area contributed by atoms with E-state index >= 15 is 0 Å². The number of aliphatic carboxylic acids is 1. The highest BCUT2D eigenvalue weighted by atomic mass is 32.2. The summed E-state index contributed by atoms with van der Waals surface area (Å²) in [6.07, 6.45) is 4.27. The van der Waals surface area contributed by atoms with E-state index in [4.69, 9.17) is 0 Å². The minimum Gasteiger partial charge on any atom is -0.481 e. The highest BCUT2D eigenvalue weighted by Gasteiger charge is 2.34. The molecule has 26 heavy (non-hydrogen) atoms. The fourth-order valence-corrected chi connectivity index (χ4v) is 4.13. The van der Waals surface area contributed by atoms with E-state index < -0.39 is 27.8 Å². The molecule has 0 saturated heterocycles. The molecule has 1 aromatic carbocycles. The Labute approximate surface area is 153 Å². The van der Waals surface area contributed by atoms with Gasteiger partial charge in [0, 0.05) is 18.8 Å². The van der Waals surface area contributed by atoms with E-state index in [-0.39, 0.29) is 16.8 Å². The molecule has 0 aliphatic heterocycles.